The number of esters is 1. The van der Waals surface area contributed by atoms with Crippen molar-refractivity contribution in [2.75, 3.05) is 18.2 Å². The number of carbonyl (C=O) groups is 2. The minimum atomic E-state index is -1.56. The lowest BCUT2D eigenvalue weighted by Gasteiger charge is -2.13. The number of hydrogen-bond acceptors (Lipinski definition) is 8. The Labute approximate surface area is 149 Å². The lowest BCUT2D eigenvalue weighted by Crippen LogP contribution is -2.26. The summed E-state index contributed by atoms with van der Waals surface area (Å²) in [6.45, 7) is 1.69. The summed E-state index contributed by atoms with van der Waals surface area (Å²) in [6, 6.07) is 10.8. The molecule has 1 heterocycles. The molecule has 0 saturated carbocycles. The molecule has 128 valence electrons. The van der Waals surface area contributed by atoms with E-state index in [0.717, 1.165) is 0 Å². The number of ketones is 1. The van der Waals surface area contributed by atoms with Gasteiger partial charge in [0.25, 0.3) is 0 Å². The highest BCUT2D eigenvalue weighted by molar-refractivity contribution is 7.98. The van der Waals surface area contributed by atoms with Crippen molar-refractivity contribution >= 4 is 35.0 Å². The van der Waals surface area contributed by atoms with Crippen LogP contribution in [0.2, 0.25) is 0 Å². The van der Waals surface area contributed by atoms with E-state index in [1.54, 1.807) is 19.2 Å². The number of thioether (sulfide) groups is 1. The van der Waals surface area contributed by atoms with Gasteiger partial charge in [-0.05, 0) is 25.3 Å². The predicted octanol–water partition coefficient (Wildman–Crippen LogP) is 2.83. The van der Waals surface area contributed by atoms with Gasteiger partial charge in [0.2, 0.25) is 5.92 Å². The molecule has 0 aliphatic carbocycles. The molecule has 0 radical (unpaired) electrons. The molecule has 0 aliphatic rings. The maximum Gasteiger partial charge on any atom is 0.331 e. The van der Waals surface area contributed by atoms with Crippen molar-refractivity contribution in [2.24, 2.45) is 5.92 Å². The number of aromatic nitrogens is 2. The Morgan fingerprint density at radius 1 is 1.36 bits per heavy atom. The molecule has 0 amide bonds. The summed E-state index contributed by atoms with van der Waals surface area (Å²) in [7, 11) is 0. The number of Topliss-reactive ketones (excluding diaryl/α,β-unsaturated/α-hetero) is 1. The summed E-state index contributed by atoms with van der Waals surface area (Å²) in [5.74, 6) is -2.90. The molecule has 1 aromatic heterocycles. The minimum Gasteiger partial charge on any atom is -0.465 e. The largest absolute Gasteiger partial charge is 0.465 e. The van der Waals surface area contributed by atoms with Gasteiger partial charge in [0.15, 0.2) is 10.9 Å². The van der Waals surface area contributed by atoms with Crippen LogP contribution in [0.3, 0.4) is 0 Å². The molecule has 0 aliphatic heterocycles. The molecular formula is C17H16N4O3S. The van der Waals surface area contributed by atoms with Crippen molar-refractivity contribution in [3.8, 4) is 6.07 Å². The van der Waals surface area contributed by atoms with Gasteiger partial charge in [-0.3, -0.25) is 9.59 Å². The van der Waals surface area contributed by atoms with E-state index in [9.17, 15) is 14.9 Å². The molecule has 1 aromatic carbocycles. The second-order valence-electron chi connectivity index (χ2n) is 4.79. The first-order chi connectivity index (χ1) is 12.1. The van der Waals surface area contributed by atoms with Gasteiger partial charge in [-0.15, -0.1) is 0 Å². The zero-order valence-electron chi connectivity index (χ0n) is 13.7. The normalized spacial score (nSPS) is 11.2. The molecule has 0 bridgehead atoms. The number of carbonyl (C=O) groups excluding carboxylic acids is 2. The molecule has 25 heavy (non-hydrogen) atoms. The van der Waals surface area contributed by atoms with Crippen LogP contribution in [0.4, 0.5) is 11.5 Å². The summed E-state index contributed by atoms with van der Waals surface area (Å²) in [4.78, 5) is 32.9. The molecule has 8 heteroatoms. The van der Waals surface area contributed by atoms with Gasteiger partial charge in [0.1, 0.15) is 5.82 Å². The number of rotatable bonds is 7. The van der Waals surface area contributed by atoms with Crippen molar-refractivity contribution in [1.82, 2.24) is 9.97 Å². The highest BCUT2D eigenvalue weighted by atomic mass is 32.2. The molecule has 0 fully saturated rings. The third-order valence-electron chi connectivity index (χ3n) is 3.16. The van der Waals surface area contributed by atoms with Crippen molar-refractivity contribution in [3.05, 3.63) is 42.1 Å². The van der Waals surface area contributed by atoms with Crippen LogP contribution in [-0.2, 0) is 9.53 Å². The quantitative estimate of drug-likeness (QED) is 0.265. The summed E-state index contributed by atoms with van der Waals surface area (Å²) in [5, 5.41) is 12.7. The number of anilines is 2. The van der Waals surface area contributed by atoms with Gasteiger partial charge < -0.3 is 10.1 Å². The number of nitrogens with one attached hydrogen (secondary N) is 1. The second kappa shape index (κ2) is 8.80. The fraction of sp³-hybridized carbons (Fsp3) is 0.235. The Balaban J connectivity index is 2.40. The van der Waals surface area contributed by atoms with Crippen molar-refractivity contribution in [3.63, 3.8) is 0 Å². The zero-order valence-corrected chi connectivity index (χ0v) is 14.5. The Morgan fingerprint density at radius 2 is 2.08 bits per heavy atom. The Hall–Kier alpha value is -2.92. The number of hydrogen-bond donors (Lipinski definition) is 1. The highest BCUT2D eigenvalue weighted by Gasteiger charge is 2.31. The number of para-hydroxylation sites is 1. The molecule has 1 atom stereocenters. The van der Waals surface area contributed by atoms with E-state index >= 15 is 0 Å². The van der Waals surface area contributed by atoms with E-state index in [4.69, 9.17) is 4.74 Å². The lowest BCUT2D eigenvalue weighted by molar-refractivity contribution is -0.144. The average molecular weight is 356 g/mol. The van der Waals surface area contributed by atoms with E-state index in [0.29, 0.717) is 10.8 Å². The topological polar surface area (TPSA) is 105 Å². The Bertz CT molecular complexity index is 805. The Kier molecular flexibility index (Phi) is 6.48. The van der Waals surface area contributed by atoms with Crippen molar-refractivity contribution < 1.29 is 14.3 Å². The third-order valence-corrected chi connectivity index (χ3v) is 3.73. The lowest BCUT2D eigenvalue weighted by atomic mass is 10.0. The third kappa shape index (κ3) is 4.55. The van der Waals surface area contributed by atoms with E-state index in [1.165, 1.54) is 18.0 Å². The average Bonchev–Trinajstić information content (AvgIpc) is 2.63. The second-order valence-corrected chi connectivity index (χ2v) is 5.56. The SMILES string of the molecule is CCOC(=O)C(C#N)C(=O)c1cnc(SC)nc1Nc1ccccc1. The number of nitrogens with zero attached hydrogens (tertiary/aromatic N) is 3. The van der Waals surface area contributed by atoms with Gasteiger partial charge in [-0.1, -0.05) is 30.0 Å². The number of nitriles is 1. The smallest absolute Gasteiger partial charge is 0.331 e. The van der Waals surface area contributed by atoms with Crippen LogP contribution < -0.4 is 5.32 Å². The van der Waals surface area contributed by atoms with Crippen molar-refractivity contribution in [1.29, 1.82) is 5.26 Å². The van der Waals surface area contributed by atoms with E-state index in [1.807, 2.05) is 30.3 Å². The highest BCUT2D eigenvalue weighted by Crippen LogP contribution is 2.23. The summed E-state index contributed by atoms with van der Waals surface area (Å²) in [5.41, 5.74) is 0.771. The van der Waals surface area contributed by atoms with E-state index < -0.39 is 17.7 Å². The van der Waals surface area contributed by atoms with Gasteiger partial charge in [0.05, 0.1) is 18.2 Å². The summed E-state index contributed by atoms with van der Waals surface area (Å²) < 4.78 is 4.79. The standard InChI is InChI=1S/C17H16N4O3S/c1-3-24-16(23)12(9-18)14(22)13-10-19-17(25-2)21-15(13)20-11-7-5-4-6-8-11/h4-8,10,12H,3H2,1-2H3,(H,19,20,21). The molecule has 1 unspecified atom stereocenters. The maximum atomic E-state index is 12.7. The first kappa shape index (κ1) is 18.4. The molecule has 0 spiro atoms. The monoisotopic (exact) mass is 356 g/mol. The number of ether oxygens (including phenoxy) is 1. The summed E-state index contributed by atoms with van der Waals surface area (Å²) in [6.07, 6.45) is 3.12. The van der Waals surface area contributed by atoms with Crippen LogP contribution in [0.5, 0.6) is 0 Å². The minimum absolute atomic E-state index is 0.0567. The number of benzene rings is 1. The Morgan fingerprint density at radius 3 is 2.68 bits per heavy atom. The molecule has 2 rings (SSSR count). The predicted molar refractivity (Wildman–Crippen MR) is 93.6 cm³/mol. The van der Waals surface area contributed by atoms with Gasteiger partial charge in [0, 0.05) is 11.9 Å². The van der Waals surface area contributed by atoms with Crippen LogP contribution in [-0.4, -0.2) is 34.6 Å². The fourth-order valence-corrected chi connectivity index (χ4v) is 2.34. The molecule has 0 saturated heterocycles. The molecule has 1 N–H and O–H groups in total. The fourth-order valence-electron chi connectivity index (χ4n) is 2.00. The van der Waals surface area contributed by atoms with Gasteiger partial charge >= 0.3 is 5.97 Å². The van der Waals surface area contributed by atoms with Crippen LogP contribution in [0.1, 0.15) is 17.3 Å². The first-order valence-electron chi connectivity index (χ1n) is 7.44. The maximum absolute atomic E-state index is 12.7. The van der Waals surface area contributed by atoms with Gasteiger partial charge in [-0.25, -0.2) is 9.97 Å². The van der Waals surface area contributed by atoms with Crippen LogP contribution in [0.15, 0.2) is 41.7 Å². The van der Waals surface area contributed by atoms with E-state index in [2.05, 4.69) is 15.3 Å². The van der Waals surface area contributed by atoms with Crippen LogP contribution in [0, 0.1) is 17.2 Å². The van der Waals surface area contributed by atoms with Gasteiger partial charge in [-0.2, -0.15) is 5.26 Å². The molecule has 7 nitrogen and oxygen atoms in total. The molecular weight excluding hydrogens is 340 g/mol. The van der Waals surface area contributed by atoms with Crippen LogP contribution >= 0.6 is 11.8 Å². The zero-order chi connectivity index (χ0) is 18.2. The van der Waals surface area contributed by atoms with E-state index in [-0.39, 0.29) is 18.0 Å². The van der Waals surface area contributed by atoms with Crippen molar-refractivity contribution in [2.45, 2.75) is 12.1 Å². The summed E-state index contributed by atoms with van der Waals surface area (Å²) >= 11 is 1.31. The van der Waals surface area contributed by atoms with Crippen LogP contribution in [0.25, 0.3) is 0 Å². The first-order valence-corrected chi connectivity index (χ1v) is 8.66. The molecule has 2 aromatic rings.